The van der Waals surface area contributed by atoms with Crippen molar-refractivity contribution < 1.29 is 27.8 Å². The Labute approximate surface area is 220 Å². The van der Waals surface area contributed by atoms with Crippen molar-refractivity contribution in [3.05, 3.63) is 70.9 Å². The zero-order valence-corrected chi connectivity index (χ0v) is 21.2. The van der Waals surface area contributed by atoms with Gasteiger partial charge in [-0.05, 0) is 75.0 Å². The fourth-order valence-electron chi connectivity index (χ4n) is 5.39. The maximum atomic E-state index is 13.0. The van der Waals surface area contributed by atoms with Gasteiger partial charge in [0.1, 0.15) is 5.60 Å². The van der Waals surface area contributed by atoms with Crippen LogP contribution in [0.3, 0.4) is 0 Å². The number of rotatable bonds is 8. The summed E-state index contributed by atoms with van der Waals surface area (Å²) in [5.41, 5.74) is -1.28. The van der Waals surface area contributed by atoms with Gasteiger partial charge >= 0.3 is 6.18 Å². The minimum absolute atomic E-state index is 0.0579. The first-order chi connectivity index (χ1) is 18.1. The quantitative estimate of drug-likeness (QED) is 0.356. The molecule has 1 amide bonds. The highest BCUT2D eigenvalue weighted by molar-refractivity contribution is 5.98. The number of aromatic nitrogens is 1. The van der Waals surface area contributed by atoms with Crippen molar-refractivity contribution in [2.45, 2.75) is 62.0 Å². The van der Waals surface area contributed by atoms with Crippen LogP contribution in [0.2, 0.25) is 0 Å². The second-order valence-corrected chi connectivity index (χ2v) is 10.1. The Balaban J connectivity index is 1.30. The van der Waals surface area contributed by atoms with Crippen molar-refractivity contribution in [2.75, 3.05) is 26.8 Å². The number of nitrogens with zero attached hydrogens (tertiary/aromatic N) is 3. The van der Waals surface area contributed by atoms with Gasteiger partial charge in [0.2, 0.25) is 0 Å². The average molecular weight is 533 g/mol. The van der Waals surface area contributed by atoms with E-state index in [0.29, 0.717) is 38.1 Å². The van der Waals surface area contributed by atoms with Crippen molar-refractivity contribution >= 4 is 11.7 Å². The second kappa shape index (κ2) is 11.8. The first kappa shape index (κ1) is 28.0. The molecule has 1 aromatic carbocycles. The van der Waals surface area contributed by atoms with E-state index in [1.165, 1.54) is 12.1 Å². The molecule has 38 heavy (non-hydrogen) atoms. The SMILES string of the molecule is COC[C@@H]1C[C@H](NC2CCC(O)(c3ccccn3)CC2)CN1C(=[N-])CNC(=O)c1cccc(C(F)(F)F)c1. The van der Waals surface area contributed by atoms with Crippen molar-refractivity contribution in [3.63, 3.8) is 0 Å². The molecule has 1 aliphatic heterocycles. The molecule has 0 radical (unpaired) electrons. The summed E-state index contributed by atoms with van der Waals surface area (Å²) >= 11 is 0. The van der Waals surface area contributed by atoms with E-state index >= 15 is 0 Å². The fraction of sp³-hybridized carbons (Fsp3) is 0.519. The standard InChI is InChI=1S/C27H33F3N5O3/c1-38-17-22-14-21(34-20-8-10-26(37,11-9-20)23-7-2-3-12-32-23)16-35(22)24(31)15-33-25(36)18-5-4-6-19(13-18)27(28,29)30/h2-7,12-13,20-22,34,37H,8-11,14-17H2,1H3,(H,33,36)/q-1/t20?,21-,22-,26?/m0/s1. The van der Waals surface area contributed by atoms with E-state index in [1.54, 1.807) is 18.2 Å². The Hall–Kier alpha value is -3.02. The Kier molecular flexibility index (Phi) is 8.69. The van der Waals surface area contributed by atoms with Crippen molar-refractivity contribution in [2.24, 2.45) is 0 Å². The van der Waals surface area contributed by atoms with Crippen LogP contribution in [0.4, 0.5) is 13.2 Å². The number of nitrogens with one attached hydrogen (secondary N) is 2. The Bertz CT molecular complexity index is 1110. The van der Waals surface area contributed by atoms with E-state index in [4.69, 9.17) is 4.74 Å². The first-order valence-corrected chi connectivity index (χ1v) is 12.7. The van der Waals surface area contributed by atoms with Gasteiger partial charge in [-0.3, -0.25) is 9.78 Å². The molecule has 0 spiro atoms. The molecule has 206 valence electrons. The van der Waals surface area contributed by atoms with Crippen molar-refractivity contribution in [1.29, 1.82) is 0 Å². The molecule has 3 N–H and O–H groups in total. The summed E-state index contributed by atoms with van der Waals surface area (Å²) in [6.45, 7) is 0.636. The smallest absolute Gasteiger partial charge is 0.416 e. The van der Waals surface area contributed by atoms with E-state index in [9.17, 15) is 28.5 Å². The van der Waals surface area contributed by atoms with Gasteiger partial charge in [-0.2, -0.15) is 13.2 Å². The summed E-state index contributed by atoms with van der Waals surface area (Å²) in [5, 5.41) is 28.0. The molecule has 1 saturated carbocycles. The van der Waals surface area contributed by atoms with Gasteiger partial charge in [0.05, 0.1) is 11.3 Å². The highest BCUT2D eigenvalue weighted by Crippen LogP contribution is 2.36. The number of aliphatic hydroxyl groups is 1. The van der Waals surface area contributed by atoms with Gasteiger partial charge in [0.25, 0.3) is 5.91 Å². The molecular formula is C27H33F3N5O3-. The highest BCUT2D eigenvalue weighted by Gasteiger charge is 2.37. The molecule has 2 aliphatic rings. The van der Waals surface area contributed by atoms with Crippen LogP contribution in [0.5, 0.6) is 0 Å². The second-order valence-electron chi connectivity index (χ2n) is 10.1. The van der Waals surface area contributed by atoms with Crippen molar-refractivity contribution in [1.82, 2.24) is 20.5 Å². The lowest BCUT2D eigenvalue weighted by Crippen LogP contribution is -2.46. The van der Waals surface area contributed by atoms with Crippen LogP contribution >= 0.6 is 0 Å². The van der Waals surface area contributed by atoms with Gasteiger partial charge in [0, 0.05) is 44.1 Å². The van der Waals surface area contributed by atoms with Gasteiger partial charge in [-0.25, -0.2) is 0 Å². The van der Waals surface area contributed by atoms with Crippen LogP contribution in [0.15, 0.2) is 48.7 Å². The van der Waals surface area contributed by atoms with Crippen LogP contribution in [0, 0.1) is 0 Å². The molecular weight excluding hydrogens is 499 g/mol. The lowest BCUT2D eigenvalue weighted by Gasteiger charge is -2.37. The minimum Gasteiger partial charge on any atom is -0.467 e. The van der Waals surface area contributed by atoms with E-state index in [-0.39, 0.29) is 36.1 Å². The van der Waals surface area contributed by atoms with E-state index < -0.39 is 23.2 Å². The molecule has 8 nitrogen and oxygen atoms in total. The molecule has 2 fully saturated rings. The summed E-state index contributed by atoms with van der Waals surface area (Å²) in [7, 11) is 1.57. The average Bonchev–Trinajstić information content (AvgIpc) is 3.31. The zero-order valence-electron chi connectivity index (χ0n) is 21.2. The van der Waals surface area contributed by atoms with Crippen molar-refractivity contribution in [3.8, 4) is 0 Å². The largest absolute Gasteiger partial charge is 0.467 e. The molecule has 4 rings (SSSR count). The number of methoxy groups -OCH3 is 1. The number of hydrogen-bond acceptors (Lipinski definition) is 5. The number of carbonyl (C=O) groups excluding carboxylic acids is 1. The number of ether oxygens (including phenoxy) is 1. The molecule has 1 saturated heterocycles. The zero-order chi connectivity index (χ0) is 27.3. The molecule has 1 aromatic heterocycles. The van der Waals surface area contributed by atoms with Crippen LogP contribution in [-0.2, 0) is 16.5 Å². The normalized spacial score (nSPS) is 25.8. The number of benzene rings is 1. The van der Waals surface area contributed by atoms with Gasteiger partial charge < -0.3 is 30.8 Å². The Morgan fingerprint density at radius 2 is 1.97 bits per heavy atom. The fourth-order valence-corrected chi connectivity index (χ4v) is 5.39. The summed E-state index contributed by atoms with van der Waals surface area (Å²) < 4.78 is 44.2. The van der Waals surface area contributed by atoms with Crippen LogP contribution < -0.4 is 10.6 Å². The third kappa shape index (κ3) is 6.69. The van der Waals surface area contributed by atoms with E-state index in [0.717, 1.165) is 25.0 Å². The maximum absolute atomic E-state index is 13.0. The molecule has 0 unspecified atom stereocenters. The van der Waals surface area contributed by atoms with Gasteiger partial charge in [-0.1, -0.05) is 18.0 Å². The van der Waals surface area contributed by atoms with Crippen LogP contribution in [0.1, 0.15) is 53.7 Å². The van der Waals surface area contributed by atoms with E-state index in [1.807, 2.05) is 18.2 Å². The molecule has 2 aromatic rings. The topological polar surface area (TPSA) is 109 Å². The number of pyridine rings is 1. The summed E-state index contributed by atoms with van der Waals surface area (Å²) in [4.78, 5) is 18.5. The highest BCUT2D eigenvalue weighted by atomic mass is 19.4. The molecule has 0 bridgehead atoms. The third-order valence-corrected chi connectivity index (χ3v) is 7.39. The summed E-state index contributed by atoms with van der Waals surface area (Å²) in [5.74, 6) is -0.785. The van der Waals surface area contributed by atoms with E-state index in [2.05, 4.69) is 15.6 Å². The third-order valence-electron chi connectivity index (χ3n) is 7.39. The molecule has 2 atom stereocenters. The Morgan fingerprint density at radius 3 is 2.63 bits per heavy atom. The minimum atomic E-state index is -4.55. The Morgan fingerprint density at radius 1 is 1.21 bits per heavy atom. The number of alkyl halides is 3. The number of amides is 1. The van der Waals surface area contributed by atoms with Crippen LogP contribution in [-0.4, -0.2) is 71.7 Å². The molecule has 1 aliphatic carbocycles. The first-order valence-electron chi connectivity index (χ1n) is 12.7. The number of hydrogen-bond donors (Lipinski definition) is 3. The molecule has 11 heteroatoms. The van der Waals surface area contributed by atoms with Gasteiger partial charge in [-0.15, -0.1) is 0 Å². The number of amidine groups is 1. The molecule has 2 heterocycles. The monoisotopic (exact) mass is 532 g/mol. The number of carbonyl (C=O) groups is 1. The summed E-state index contributed by atoms with van der Waals surface area (Å²) in [6, 6.07) is 9.84. The lowest BCUT2D eigenvalue weighted by atomic mass is 9.79. The van der Waals surface area contributed by atoms with Gasteiger partial charge in [0.15, 0.2) is 0 Å². The number of likely N-dealkylation sites (tertiary alicyclic amines) is 1. The summed E-state index contributed by atoms with van der Waals surface area (Å²) in [6.07, 6.45) is 0.594. The number of halogens is 3. The predicted molar refractivity (Wildman–Crippen MR) is 136 cm³/mol. The predicted octanol–water partition coefficient (Wildman–Crippen LogP) is 3.31. The lowest BCUT2D eigenvalue weighted by molar-refractivity contribution is -0.137. The maximum Gasteiger partial charge on any atom is 0.416 e. The van der Waals surface area contributed by atoms with Crippen LogP contribution in [0.25, 0.3) is 5.41 Å².